The average molecular weight is 308 g/mol. The topological polar surface area (TPSA) is 70.7 Å². The number of nitriles is 1. The van der Waals surface area contributed by atoms with Gasteiger partial charge in [0.05, 0.1) is 23.9 Å². The fourth-order valence-corrected chi connectivity index (χ4v) is 2.78. The van der Waals surface area contributed by atoms with Crippen LogP contribution in [-0.4, -0.2) is 15.7 Å². The second-order valence-electron chi connectivity index (χ2n) is 4.63. The van der Waals surface area contributed by atoms with E-state index in [1.165, 1.54) is 11.3 Å². The molecule has 1 amide bonds. The summed E-state index contributed by atoms with van der Waals surface area (Å²) in [6, 6.07) is 13.4. The highest BCUT2D eigenvalue weighted by molar-refractivity contribution is 7.14. The molecule has 0 aliphatic rings. The van der Waals surface area contributed by atoms with Crippen molar-refractivity contribution < 1.29 is 4.79 Å². The Labute approximate surface area is 131 Å². The van der Waals surface area contributed by atoms with Crippen molar-refractivity contribution in [3.05, 3.63) is 65.3 Å². The molecule has 22 heavy (non-hydrogen) atoms. The van der Waals surface area contributed by atoms with Crippen molar-refractivity contribution in [1.82, 2.24) is 9.78 Å². The van der Waals surface area contributed by atoms with Crippen LogP contribution in [0.4, 0.5) is 5.00 Å². The van der Waals surface area contributed by atoms with E-state index in [4.69, 9.17) is 5.26 Å². The van der Waals surface area contributed by atoms with Gasteiger partial charge in [-0.1, -0.05) is 18.2 Å². The Hall–Kier alpha value is -2.91. The summed E-state index contributed by atoms with van der Waals surface area (Å²) in [4.78, 5) is 12.0. The van der Waals surface area contributed by atoms with E-state index < -0.39 is 0 Å². The van der Waals surface area contributed by atoms with Gasteiger partial charge in [0, 0.05) is 6.20 Å². The van der Waals surface area contributed by atoms with Crippen molar-refractivity contribution in [1.29, 1.82) is 5.26 Å². The van der Waals surface area contributed by atoms with Gasteiger partial charge < -0.3 is 5.32 Å². The number of anilines is 1. The summed E-state index contributed by atoms with van der Waals surface area (Å²) >= 11 is 1.34. The number of nitrogens with zero attached hydrogens (tertiary/aromatic N) is 3. The van der Waals surface area contributed by atoms with E-state index in [0.717, 1.165) is 11.3 Å². The third-order valence-corrected chi connectivity index (χ3v) is 3.89. The lowest BCUT2D eigenvalue weighted by Crippen LogP contribution is -2.13. The number of hydrogen-bond acceptors (Lipinski definition) is 4. The van der Waals surface area contributed by atoms with Gasteiger partial charge in [0.15, 0.2) is 0 Å². The molecule has 0 aliphatic heterocycles. The van der Waals surface area contributed by atoms with Crippen LogP contribution in [0.5, 0.6) is 0 Å². The van der Waals surface area contributed by atoms with Crippen molar-refractivity contribution in [2.45, 2.75) is 6.42 Å². The minimum atomic E-state index is -0.161. The Morgan fingerprint density at radius 2 is 2.14 bits per heavy atom. The normalized spacial score (nSPS) is 10.1. The van der Waals surface area contributed by atoms with Crippen molar-refractivity contribution in [3.63, 3.8) is 0 Å². The Morgan fingerprint density at radius 1 is 1.32 bits per heavy atom. The van der Waals surface area contributed by atoms with Crippen molar-refractivity contribution in [2.24, 2.45) is 0 Å². The van der Waals surface area contributed by atoms with Crippen LogP contribution in [0.3, 0.4) is 0 Å². The smallest absolute Gasteiger partial charge is 0.229 e. The molecule has 0 bridgehead atoms. The Balaban J connectivity index is 1.68. The first-order valence-corrected chi connectivity index (χ1v) is 7.50. The van der Waals surface area contributed by atoms with Crippen LogP contribution < -0.4 is 5.32 Å². The van der Waals surface area contributed by atoms with Crippen LogP contribution in [0.15, 0.2) is 54.2 Å². The van der Waals surface area contributed by atoms with Gasteiger partial charge in [0.2, 0.25) is 5.91 Å². The maximum Gasteiger partial charge on any atom is 0.229 e. The largest absolute Gasteiger partial charge is 0.316 e. The highest BCUT2D eigenvalue weighted by Crippen LogP contribution is 2.22. The highest BCUT2D eigenvalue weighted by atomic mass is 32.1. The predicted molar refractivity (Wildman–Crippen MR) is 84.9 cm³/mol. The Morgan fingerprint density at radius 3 is 2.91 bits per heavy atom. The fraction of sp³-hybridized carbons (Fsp3) is 0.0625. The highest BCUT2D eigenvalue weighted by Gasteiger charge is 2.10. The van der Waals surface area contributed by atoms with Crippen LogP contribution in [-0.2, 0) is 11.2 Å². The first-order chi connectivity index (χ1) is 10.8. The molecule has 2 heterocycles. The summed E-state index contributed by atoms with van der Waals surface area (Å²) in [7, 11) is 0. The van der Waals surface area contributed by atoms with Crippen molar-refractivity contribution >= 4 is 22.2 Å². The fourth-order valence-electron chi connectivity index (χ4n) is 2.02. The van der Waals surface area contributed by atoms with Crippen LogP contribution in [0.25, 0.3) is 5.69 Å². The van der Waals surface area contributed by atoms with E-state index in [0.29, 0.717) is 10.6 Å². The SMILES string of the molecule is N#Cc1ccsc1NC(=O)Cc1cnn(-c2ccccc2)c1. The molecule has 0 unspecified atom stereocenters. The molecule has 0 saturated carbocycles. The molecule has 1 N–H and O–H groups in total. The first-order valence-electron chi connectivity index (χ1n) is 6.62. The van der Waals surface area contributed by atoms with Gasteiger partial charge in [-0.05, 0) is 29.1 Å². The number of benzene rings is 1. The summed E-state index contributed by atoms with van der Waals surface area (Å²) in [6.07, 6.45) is 3.72. The lowest BCUT2D eigenvalue weighted by atomic mass is 10.2. The molecule has 108 valence electrons. The van der Waals surface area contributed by atoms with E-state index in [9.17, 15) is 4.79 Å². The molecule has 1 aromatic carbocycles. The van der Waals surface area contributed by atoms with Gasteiger partial charge in [0.1, 0.15) is 11.1 Å². The molecular formula is C16H12N4OS. The standard InChI is InChI=1S/C16H12N4OS/c17-9-13-6-7-22-16(13)19-15(21)8-12-10-18-20(11-12)14-4-2-1-3-5-14/h1-7,10-11H,8H2,(H,19,21). The number of thiophene rings is 1. The monoisotopic (exact) mass is 308 g/mol. The van der Waals surface area contributed by atoms with Crippen LogP contribution in [0.1, 0.15) is 11.1 Å². The molecule has 6 heteroatoms. The van der Waals surface area contributed by atoms with E-state index in [1.807, 2.05) is 42.6 Å². The van der Waals surface area contributed by atoms with Gasteiger partial charge in [-0.2, -0.15) is 10.4 Å². The van der Waals surface area contributed by atoms with Gasteiger partial charge in [-0.15, -0.1) is 11.3 Å². The quantitative estimate of drug-likeness (QED) is 0.805. The predicted octanol–water partition coefficient (Wildman–Crippen LogP) is 2.99. The van der Waals surface area contributed by atoms with Gasteiger partial charge in [-0.25, -0.2) is 4.68 Å². The summed E-state index contributed by atoms with van der Waals surface area (Å²) in [5.74, 6) is -0.161. The molecular weight excluding hydrogens is 296 g/mol. The molecule has 0 aliphatic carbocycles. The zero-order valence-electron chi connectivity index (χ0n) is 11.6. The summed E-state index contributed by atoms with van der Waals surface area (Å²) in [6.45, 7) is 0. The Kier molecular flexibility index (Phi) is 3.99. The third kappa shape index (κ3) is 3.05. The minimum Gasteiger partial charge on any atom is -0.316 e. The number of para-hydroxylation sites is 1. The van der Waals surface area contributed by atoms with Gasteiger partial charge in [-0.3, -0.25) is 4.79 Å². The number of aromatic nitrogens is 2. The van der Waals surface area contributed by atoms with E-state index >= 15 is 0 Å². The molecule has 3 aromatic rings. The summed E-state index contributed by atoms with van der Waals surface area (Å²) < 4.78 is 1.73. The Bertz CT molecular complexity index is 829. The zero-order valence-corrected chi connectivity index (χ0v) is 12.4. The molecule has 5 nitrogen and oxygen atoms in total. The van der Waals surface area contributed by atoms with Gasteiger partial charge in [0.25, 0.3) is 0 Å². The summed E-state index contributed by atoms with van der Waals surface area (Å²) in [5, 5.41) is 18.3. The second kappa shape index (κ2) is 6.24. The van der Waals surface area contributed by atoms with Crippen LogP contribution >= 0.6 is 11.3 Å². The second-order valence-corrected chi connectivity index (χ2v) is 5.54. The lowest BCUT2D eigenvalue weighted by molar-refractivity contribution is -0.115. The maximum absolute atomic E-state index is 12.0. The molecule has 0 atom stereocenters. The summed E-state index contributed by atoms with van der Waals surface area (Å²) in [5.41, 5.74) is 2.24. The van der Waals surface area contributed by atoms with Crippen molar-refractivity contribution in [3.8, 4) is 11.8 Å². The lowest BCUT2D eigenvalue weighted by Gasteiger charge is -2.02. The number of hydrogen-bond donors (Lipinski definition) is 1. The molecule has 0 fully saturated rings. The number of carbonyl (C=O) groups is 1. The zero-order chi connectivity index (χ0) is 15.4. The van der Waals surface area contributed by atoms with Crippen LogP contribution in [0, 0.1) is 11.3 Å². The number of rotatable bonds is 4. The molecule has 0 radical (unpaired) electrons. The maximum atomic E-state index is 12.0. The number of nitrogens with one attached hydrogen (secondary N) is 1. The minimum absolute atomic E-state index is 0.161. The third-order valence-electron chi connectivity index (χ3n) is 3.06. The van der Waals surface area contributed by atoms with E-state index in [1.54, 1.807) is 22.3 Å². The first kappa shape index (κ1) is 14.0. The molecule has 0 saturated heterocycles. The van der Waals surface area contributed by atoms with E-state index in [2.05, 4.69) is 10.4 Å². The average Bonchev–Trinajstić information content (AvgIpc) is 3.17. The van der Waals surface area contributed by atoms with Gasteiger partial charge >= 0.3 is 0 Å². The number of carbonyl (C=O) groups excluding carboxylic acids is 1. The number of amides is 1. The van der Waals surface area contributed by atoms with E-state index in [-0.39, 0.29) is 12.3 Å². The molecule has 2 aromatic heterocycles. The van der Waals surface area contributed by atoms with Crippen LogP contribution in [0.2, 0.25) is 0 Å². The molecule has 0 spiro atoms. The van der Waals surface area contributed by atoms with Crippen molar-refractivity contribution in [2.75, 3.05) is 5.32 Å². The molecule has 3 rings (SSSR count).